The first-order valence-electron chi connectivity index (χ1n) is 31.3. The first-order chi connectivity index (χ1) is 45.0. The van der Waals surface area contributed by atoms with Crippen molar-refractivity contribution < 1.29 is 65.7 Å². The number of guanidine groups is 1. The quantitative estimate of drug-likeness (QED) is 0.00931. The predicted molar refractivity (Wildman–Crippen MR) is 350 cm³/mol. The molecule has 9 N–H and O–H groups in total. The van der Waals surface area contributed by atoms with Gasteiger partial charge in [-0.1, -0.05) is 109 Å². The molecule has 0 spiro atoms. The molecule has 94 heavy (non-hydrogen) atoms. The van der Waals surface area contributed by atoms with Crippen LogP contribution in [0.2, 0.25) is 0 Å². The molecule has 2 aliphatic rings. The molecule has 26 heteroatoms. The number of nitrogens with zero attached hydrogens (tertiary/aromatic N) is 3. The highest BCUT2D eigenvalue weighted by Gasteiger charge is 2.46. The van der Waals surface area contributed by atoms with Crippen LogP contribution < -0.4 is 41.8 Å². The fourth-order valence-corrected chi connectivity index (χ4v) is 12.0. The third-order valence-corrected chi connectivity index (χ3v) is 17.2. The fraction of sp³-hybridized carbons (Fsp3) is 0.397. The number of likely N-dealkylation sites (tertiary alicyclic amines) is 1. The lowest BCUT2D eigenvalue weighted by molar-refractivity contribution is -0.149. The van der Waals surface area contributed by atoms with E-state index in [9.17, 15) is 46.8 Å². The molecule has 8 rings (SSSR count). The van der Waals surface area contributed by atoms with Crippen LogP contribution >= 0.6 is 0 Å². The number of rotatable bonds is 27. The summed E-state index contributed by atoms with van der Waals surface area (Å²) in [5.74, 6) is -4.18. The van der Waals surface area contributed by atoms with Crippen LogP contribution in [-0.4, -0.2) is 146 Å². The van der Waals surface area contributed by atoms with Crippen LogP contribution in [0.25, 0.3) is 10.9 Å². The van der Waals surface area contributed by atoms with Crippen molar-refractivity contribution in [1.82, 2.24) is 46.1 Å². The van der Waals surface area contributed by atoms with Gasteiger partial charge in [0.05, 0.1) is 18.6 Å². The second-order valence-corrected chi connectivity index (χ2v) is 25.8. The number of carbonyl (C=O) groups is 8. The second kappa shape index (κ2) is 32.5. The van der Waals surface area contributed by atoms with E-state index in [0.29, 0.717) is 36.3 Å². The number of esters is 1. The second-order valence-electron chi connectivity index (χ2n) is 24.1. The molecule has 0 aliphatic carbocycles. The van der Waals surface area contributed by atoms with E-state index in [0.717, 1.165) is 33.2 Å². The summed E-state index contributed by atoms with van der Waals surface area (Å²) in [6.07, 6.45) is 0.00605. The number of hydrogen-bond acceptors (Lipinski definition) is 15. The highest BCUT2D eigenvalue weighted by molar-refractivity contribution is 7.90. The fourth-order valence-electron chi connectivity index (χ4n) is 11.1. The normalized spacial score (nSPS) is 16.5. The van der Waals surface area contributed by atoms with E-state index >= 15 is 0 Å². The molecule has 0 unspecified atom stereocenters. The van der Waals surface area contributed by atoms with E-state index in [1.54, 1.807) is 81.4 Å². The molecule has 5 aromatic carbocycles. The minimum absolute atomic E-state index is 0.0279. The third kappa shape index (κ3) is 19.3. The topological polar surface area (TPSA) is 340 Å². The van der Waals surface area contributed by atoms with Gasteiger partial charge in [-0.2, -0.15) is 0 Å². The van der Waals surface area contributed by atoms with Gasteiger partial charge in [0.1, 0.15) is 60.8 Å². The van der Waals surface area contributed by atoms with E-state index < -0.39 is 112 Å². The number of amides is 7. The number of methoxy groups -OCH3 is 1. The van der Waals surface area contributed by atoms with Crippen LogP contribution in [0.15, 0.2) is 143 Å². The number of benzene rings is 5. The molecule has 0 radical (unpaired) electrons. The number of aryl methyl sites for hydroxylation is 1. The number of carbonyl (C=O) groups excluding carboxylic acids is 8. The number of alkyl carbamates (subject to hydrolysis) is 1. The minimum Gasteiger partial charge on any atom is -0.497 e. The lowest BCUT2D eigenvalue weighted by Crippen LogP contribution is -2.58. The summed E-state index contributed by atoms with van der Waals surface area (Å²) in [6.45, 7) is 7.89. The van der Waals surface area contributed by atoms with Crippen molar-refractivity contribution in [1.29, 1.82) is 0 Å². The molecule has 6 atom stereocenters. The Morgan fingerprint density at radius 1 is 0.734 bits per heavy atom. The first kappa shape index (κ1) is 69.9. The molecular weight excluding hydrogens is 1230 g/mol. The van der Waals surface area contributed by atoms with Crippen LogP contribution in [-0.2, 0) is 72.6 Å². The van der Waals surface area contributed by atoms with Crippen molar-refractivity contribution in [3.8, 4) is 5.75 Å². The van der Waals surface area contributed by atoms with Crippen LogP contribution in [0, 0.1) is 6.92 Å². The number of aromatic nitrogens is 1. The van der Waals surface area contributed by atoms with Gasteiger partial charge in [-0.3, -0.25) is 33.9 Å². The standard InChI is InChI=1S/C68H83N11O14S/c1-43-28-34-49(35-29-43)94(88,89)77-65(69)70-37-17-26-53(74-57(80)40-72-61(82)56-39-51-50-23-13-14-24-52(50)75-58(51)59(47-30-32-48(90-6)33-31-47)79(56)67(87)93-68(3,4)5)63(84)78-38-18-27-55(78)62(83)73-44(2)60(81)76-54(64(85)91-41-45-19-9-7-10-20-45)25-15-16-36-71-66(86)92-42-46-21-11-8-12-22-46/h7-14,19-24,28-35,44,53-56,59,75H,15-18,25-27,36-42H2,1-6H3,(H,71,86)(H,72,82)(H,73,83)(H,74,80)(H,76,81)(H3,69,70,77)/t44-,53-,54-,55-,56-,59+/m0/s1. The summed E-state index contributed by atoms with van der Waals surface area (Å²) < 4.78 is 50.8. The van der Waals surface area contributed by atoms with Gasteiger partial charge < -0.3 is 61.1 Å². The van der Waals surface area contributed by atoms with Crippen LogP contribution in [0.5, 0.6) is 5.75 Å². The van der Waals surface area contributed by atoms with E-state index in [1.807, 2.05) is 67.6 Å². The SMILES string of the molecule is COc1ccc([C@@H]2c3[nH]c4ccccc4c3C[C@@H](C(=O)NCC(=O)N[C@@H](CCCN=C(N)NS(=O)(=O)c3ccc(C)cc3)C(=O)N3CCC[C@H]3C(=O)N[C@@H](C)C(=O)N[C@@H](CCCCNC(=O)OCc3ccccc3)C(=O)OCc3ccccc3)N2C(=O)OC(C)(C)C)cc1. The molecule has 0 saturated carbocycles. The maximum atomic E-state index is 14.9. The summed E-state index contributed by atoms with van der Waals surface area (Å²) in [6, 6.07) is 31.9. The number of aromatic amines is 1. The molecule has 1 fully saturated rings. The Balaban J connectivity index is 0.953. The lowest BCUT2D eigenvalue weighted by Gasteiger charge is -2.41. The van der Waals surface area contributed by atoms with Gasteiger partial charge in [0, 0.05) is 42.7 Å². The monoisotopic (exact) mass is 1310 g/mol. The average molecular weight is 1310 g/mol. The van der Waals surface area contributed by atoms with Crippen molar-refractivity contribution in [2.24, 2.45) is 10.7 Å². The summed E-state index contributed by atoms with van der Waals surface area (Å²) >= 11 is 0. The largest absolute Gasteiger partial charge is 0.497 e. The van der Waals surface area contributed by atoms with Crippen molar-refractivity contribution in [2.75, 3.05) is 33.3 Å². The van der Waals surface area contributed by atoms with Crippen LogP contribution in [0.4, 0.5) is 9.59 Å². The van der Waals surface area contributed by atoms with Gasteiger partial charge in [-0.15, -0.1) is 0 Å². The molecule has 25 nitrogen and oxygen atoms in total. The molecule has 3 heterocycles. The van der Waals surface area contributed by atoms with E-state index in [4.69, 9.17) is 24.7 Å². The van der Waals surface area contributed by atoms with E-state index in [1.165, 1.54) is 36.0 Å². The first-order valence-corrected chi connectivity index (χ1v) is 32.7. The molecule has 7 amide bonds. The number of para-hydroxylation sites is 1. The van der Waals surface area contributed by atoms with Crippen molar-refractivity contribution in [3.63, 3.8) is 0 Å². The lowest BCUT2D eigenvalue weighted by atomic mass is 9.88. The number of aliphatic imine (C=N–C) groups is 1. The zero-order valence-electron chi connectivity index (χ0n) is 53.6. The Bertz CT molecular complexity index is 3770. The third-order valence-electron chi connectivity index (χ3n) is 15.8. The van der Waals surface area contributed by atoms with Crippen molar-refractivity contribution in [2.45, 2.75) is 146 Å². The number of H-pyrrole nitrogens is 1. The maximum absolute atomic E-state index is 14.9. The Morgan fingerprint density at radius 3 is 2.05 bits per heavy atom. The molecular formula is C68H83N11O14S. The van der Waals surface area contributed by atoms with Gasteiger partial charge in [-0.25, -0.2) is 27.5 Å². The maximum Gasteiger partial charge on any atom is 0.411 e. The van der Waals surface area contributed by atoms with E-state index in [-0.39, 0.29) is 69.8 Å². The zero-order valence-corrected chi connectivity index (χ0v) is 54.4. The summed E-state index contributed by atoms with van der Waals surface area (Å²) in [7, 11) is -2.58. The number of nitrogens with two attached hydrogens (primary N) is 1. The minimum atomic E-state index is -4.11. The highest BCUT2D eigenvalue weighted by atomic mass is 32.2. The number of unbranched alkanes of at least 4 members (excludes halogenated alkanes) is 1. The van der Waals surface area contributed by atoms with Gasteiger partial charge in [0.25, 0.3) is 10.0 Å². The average Bonchev–Trinajstić information content (AvgIpc) is 1.51. The predicted octanol–water partition coefficient (Wildman–Crippen LogP) is 6.23. The number of ether oxygens (including phenoxy) is 4. The summed E-state index contributed by atoms with van der Waals surface area (Å²) in [5.41, 5.74) is 10.3. The van der Waals surface area contributed by atoms with Gasteiger partial charge in [0.2, 0.25) is 35.5 Å². The Morgan fingerprint density at radius 2 is 1.38 bits per heavy atom. The number of nitrogens with one attached hydrogen (secondary N) is 7. The van der Waals surface area contributed by atoms with E-state index in [2.05, 4.69) is 41.3 Å². The molecule has 1 saturated heterocycles. The van der Waals surface area contributed by atoms with Crippen molar-refractivity contribution in [3.05, 3.63) is 167 Å². The summed E-state index contributed by atoms with van der Waals surface area (Å²) in [4.78, 5) is 123. The smallest absolute Gasteiger partial charge is 0.411 e. The number of hydrogen-bond donors (Lipinski definition) is 8. The van der Waals surface area contributed by atoms with Crippen LogP contribution in [0.3, 0.4) is 0 Å². The molecule has 1 aromatic heterocycles. The molecule has 6 aromatic rings. The Kier molecular flexibility index (Phi) is 24.2. The van der Waals surface area contributed by atoms with Crippen molar-refractivity contribution >= 4 is 74.6 Å². The molecule has 0 bridgehead atoms. The molecule has 2 aliphatic heterocycles. The Hall–Kier alpha value is -9.98. The highest BCUT2D eigenvalue weighted by Crippen LogP contribution is 2.42. The number of sulfonamides is 1. The number of fused-ring (bicyclic) bond motifs is 3. The summed E-state index contributed by atoms with van der Waals surface area (Å²) in [5, 5.41) is 14.4. The van der Waals surface area contributed by atoms with Gasteiger partial charge in [-0.05, 0) is 132 Å². The molecule has 500 valence electrons. The zero-order chi connectivity index (χ0) is 67.5. The van der Waals surface area contributed by atoms with Crippen LogP contribution in [0.1, 0.15) is 112 Å². The Labute approximate surface area is 546 Å². The van der Waals surface area contributed by atoms with Gasteiger partial charge in [0.15, 0.2) is 0 Å². The van der Waals surface area contributed by atoms with Gasteiger partial charge >= 0.3 is 18.2 Å².